The van der Waals surface area contributed by atoms with Crippen molar-refractivity contribution in [1.29, 1.82) is 0 Å². The summed E-state index contributed by atoms with van der Waals surface area (Å²) in [6, 6.07) is 8.70. The third kappa shape index (κ3) is 2.54. The van der Waals surface area contributed by atoms with E-state index in [4.69, 9.17) is 5.73 Å². The van der Waals surface area contributed by atoms with Crippen LogP contribution in [0.3, 0.4) is 0 Å². The number of nitrogens with two attached hydrogens (primary N) is 1. The van der Waals surface area contributed by atoms with Crippen molar-refractivity contribution in [3.8, 4) is 0 Å². The quantitative estimate of drug-likeness (QED) is 0.837. The van der Waals surface area contributed by atoms with Crippen LogP contribution in [0.4, 0.5) is 0 Å². The molecule has 4 nitrogen and oxygen atoms in total. The standard InChI is InChI=1S/C14H20N2O2/c1-2-8-14(18)9-16(10-14)13(17)12(15)11-6-4-3-5-7-11/h3-7,12,18H,2,8-10,15H2,1H3/t12-/m0/s1. The maximum Gasteiger partial charge on any atom is 0.244 e. The Hall–Kier alpha value is -1.39. The molecule has 1 aromatic carbocycles. The van der Waals surface area contributed by atoms with Crippen LogP contribution in [0.1, 0.15) is 31.4 Å². The number of nitrogens with zero attached hydrogens (tertiary/aromatic N) is 1. The molecule has 1 aromatic rings. The Morgan fingerprint density at radius 3 is 2.61 bits per heavy atom. The Kier molecular flexibility index (Phi) is 3.68. The van der Waals surface area contributed by atoms with Crippen molar-refractivity contribution >= 4 is 5.91 Å². The summed E-state index contributed by atoms with van der Waals surface area (Å²) in [6.45, 7) is 2.83. The SMILES string of the molecule is CCCC1(O)CN(C(=O)[C@@H](N)c2ccccc2)C1. The molecule has 0 bridgehead atoms. The monoisotopic (exact) mass is 248 g/mol. The molecule has 1 heterocycles. The van der Waals surface area contributed by atoms with E-state index >= 15 is 0 Å². The van der Waals surface area contributed by atoms with E-state index in [1.807, 2.05) is 37.3 Å². The highest BCUT2D eigenvalue weighted by Crippen LogP contribution is 2.28. The maximum atomic E-state index is 12.1. The zero-order valence-corrected chi connectivity index (χ0v) is 10.7. The lowest BCUT2D eigenvalue weighted by atomic mass is 9.88. The molecule has 1 fully saturated rings. The first-order valence-electron chi connectivity index (χ1n) is 6.37. The summed E-state index contributed by atoms with van der Waals surface area (Å²) in [5.74, 6) is -0.109. The van der Waals surface area contributed by atoms with E-state index in [1.165, 1.54) is 0 Å². The van der Waals surface area contributed by atoms with Gasteiger partial charge in [0.15, 0.2) is 0 Å². The molecule has 3 N–H and O–H groups in total. The molecular weight excluding hydrogens is 228 g/mol. The van der Waals surface area contributed by atoms with Crippen molar-refractivity contribution in [2.75, 3.05) is 13.1 Å². The lowest BCUT2D eigenvalue weighted by Crippen LogP contribution is -2.64. The molecule has 18 heavy (non-hydrogen) atoms. The summed E-state index contributed by atoms with van der Waals surface area (Å²) in [5, 5.41) is 10.0. The smallest absolute Gasteiger partial charge is 0.244 e. The number of rotatable bonds is 4. The van der Waals surface area contributed by atoms with Crippen LogP contribution in [-0.2, 0) is 4.79 Å². The van der Waals surface area contributed by atoms with Gasteiger partial charge in [0.25, 0.3) is 0 Å². The van der Waals surface area contributed by atoms with Gasteiger partial charge in [0.2, 0.25) is 5.91 Å². The number of hydrogen-bond acceptors (Lipinski definition) is 3. The molecule has 0 unspecified atom stereocenters. The van der Waals surface area contributed by atoms with E-state index in [1.54, 1.807) is 4.90 Å². The van der Waals surface area contributed by atoms with E-state index in [0.29, 0.717) is 13.1 Å². The molecule has 1 amide bonds. The summed E-state index contributed by atoms with van der Waals surface area (Å²) < 4.78 is 0. The number of hydrogen-bond donors (Lipinski definition) is 2. The highest BCUT2D eigenvalue weighted by Gasteiger charge is 2.43. The largest absolute Gasteiger partial charge is 0.386 e. The molecule has 4 heteroatoms. The fraction of sp³-hybridized carbons (Fsp3) is 0.500. The van der Waals surface area contributed by atoms with Crippen molar-refractivity contribution in [2.24, 2.45) is 5.73 Å². The molecule has 1 aliphatic heterocycles. The molecule has 1 aliphatic rings. The molecule has 2 rings (SSSR count). The zero-order valence-electron chi connectivity index (χ0n) is 10.7. The Morgan fingerprint density at radius 2 is 2.06 bits per heavy atom. The summed E-state index contributed by atoms with van der Waals surface area (Å²) in [4.78, 5) is 13.7. The van der Waals surface area contributed by atoms with Crippen LogP contribution in [0, 0.1) is 0 Å². The van der Waals surface area contributed by atoms with Gasteiger partial charge >= 0.3 is 0 Å². The second kappa shape index (κ2) is 5.08. The molecule has 98 valence electrons. The van der Waals surface area contributed by atoms with Crippen molar-refractivity contribution < 1.29 is 9.90 Å². The van der Waals surface area contributed by atoms with Crippen molar-refractivity contribution in [3.05, 3.63) is 35.9 Å². The molecule has 1 saturated heterocycles. The lowest BCUT2D eigenvalue weighted by molar-refractivity contribution is -0.158. The minimum atomic E-state index is -0.694. The molecule has 0 radical (unpaired) electrons. The molecule has 0 saturated carbocycles. The van der Waals surface area contributed by atoms with Gasteiger partial charge in [-0.2, -0.15) is 0 Å². The Morgan fingerprint density at radius 1 is 1.44 bits per heavy atom. The van der Waals surface area contributed by atoms with E-state index in [-0.39, 0.29) is 5.91 Å². The van der Waals surface area contributed by atoms with E-state index in [2.05, 4.69) is 0 Å². The minimum absolute atomic E-state index is 0.109. The van der Waals surface area contributed by atoms with Crippen molar-refractivity contribution in [2.45, 2.75) is 31.4 Å². The number of carbonyl (C=O) groups excluding carboxylic acids is 1. The number of carbonyl (C=O) groups is 1. The van der Waals surface area contributed by atoms with Gasteiger partial charge in [-0.15, -0.1) is 0 Å². The number of aliphatic hydroxyl groups is 1. The van der Waals surface area contributed by atoms with Gasteiger partial charge < -0.3 is 15.7 Å². The highest BCUT2D eigenvalue weighted by molar-refractivity contribution is 5.84. The van der Waals surface area contributed by atoms with Crippen LogP contribution < -0.4 is 5.73 Å². The van der Waals surface area contributed by atoms with Gasteiger partial charge in [-0.25, -0.2) is 0 Å². The summed E-state index contributed by atoms with van der Waals surface area (Å²) in [7, 11) is 0. The predicted molar refractivity (Wildman–Crippen MR) is 69.8 cm³/mol. The second-order valence-corrected chi connectivity index (χ2v) is 5.06. The maximum absolute atomic E-state index is 12.1. The van der Waals surface area contributed by atoms with Gasteiger partial charge in [-0.05, 0) is 12.0 Å². The first-order chi connectivity index (χ1) is 8.56. The Bertz CT molecular complexity index is 413. The summed E-state index contributed by atoms with van der Waals surface area (Å²) >= 11 is 0. The van der Waals surface area contributed by atoms with Gasteiger partial charge in [0.05, 0.1) is 18.7 Å². The summed E-state index contributed by atoms with van der Waals surface area (Å²) in [5.41, 5.74) is 6.06. The first-order valence-corrected chi connectivity index (χ1v) is 6.37. The first kappa shape index (κ1) is 13.1. The number of benzene rings is 1. The fourth-order valence-electron chi connectivity index (χ4n) is 2.44. The van der Waals surface area contributed by atoms with E-state index in [0.717, 1.165) is 18.4 Å². The predicted octanol–water partition coefficient (Wildman–Crippen LogP) is 1.06. The lowest BCUT2D eigenvalue weighted by Gasteiger charge is -2.47. The average molecular weight is 248 g/mol. The van der Waals surface area contributed by atoms with Gasteiger partial charge in [-0.1, -0.05) is 43.7 Å². The third-order valence-electron chi connectivity index (χ3n) is 3.42. The molecule has 1 atom stereocenters. The van der Waals surface area contributed by atoms with Gasteiger partial charge in [0, 0.05) is 0 Å². The van der Waals surface area contributed by atoms with E-state index < -0.39 is 11.6 Å². The molecule has 0 aliphatic carbocycles. The van der Waals surface area contributed by atoms with Crippen LogP contribution in [-0.4, -0.2) is 34.6 Å². The fourth-order valence-corrected chi connectivity index (χ4v) is 2.44. The van der Waals surface area contributed by atoms with Crippen LogP contribution in [0.15, 0.2) is 30.3 Å². The normalized spacial score (nSPS) is 19.2. The third-order valence-corrected chi connectivity index (χ3v) is 3.42. The highest BCUT2D eigenvalue weighted by atomic mass is 16.3. The Balaban J connectivity index is 1.94. The molecule has 0 spiro atoms. The Labute approximate surface area is 107 Å². The molecule has 0 aromatic heterocycles. The van der Waals surface area contributed by atoms with Crippen LogP contribution in [0.25, 0.3) is 0 Å². The summed E-state index contributed by atoms with van der Waals surface area (Å²) in [6.07, 6.45) is 1.65. The van der Waals surface area contributed by atoms with Gasteiger partial charge in [0.1, 0.15) is 6.04 Å². The topological polar surface area (TPSA) is 66.6 Å². The number of amides is 1. The van der Waals surface area contributed by atoms with E-state index in [9.17, 15) is 9.90 Å². The van der Waals surface area contributed by atoms with Gasteiger partial charge in [-0.3, -0.25) is 4.79 Å². The minimum Gasteiger partial charge on any atom is -0.386 e. The van der Waals surface area contributed by atoms with Crippen LogP contribution in [0.5, 0.6) is 0 Å². The van der Waals surface area contributed by atoms with Crippen LogP contribution in [0.2, 0.25) is 0 Å². The number of likely N-dealkylation sites (tertiary alicyclic amines) is 1. The van der Waals surface area contributed by atoms with Crippen LogP contribution >= 0.6 is 0 Å². The molecular formula is C14H20N2O2. The van der Waals surface area contributed by atoms with Crippen molar-refractivity contribution in [3.63, 3.8) is 0 Å². The van der Waals surface area contributed by atoms with Crippen molar-refractivity contribution in [1.82, 2.24) is 4.90 Å². The average Bonchev–Trinajstić information content (AvgIpc) is 2.35. The zero-order chi connectivity index (χ0) is 13.2. The second-order valence-electron chi connectivity index (χ2n) is 5.06. The number of β-amino-alcohol motifs (C(OH)–C–C–N with tert-alkyl or cyclic N) is 1.